The first-order chi connectivity index (χ1) is 14.1. The average molecular weight is 420 g/mol. The smallest absolute Gasteiger partial charge is 0.224 e. The van der Waals surface area contributed by atoms with E-state index in [1.165, 1.54) is 22.7 Å². The Morgan fingerprint density at radius 3 is 2.31 bits per heavy atom. The van der Waals surface area contributed by atoms with Crippen molar-refractivity contribution in [3.8, 4) is 11.1 Å². The van der Waals surface area contributed by atoms with Crippen molar-refractivity contribution < 1.29 is 9.90 Å². The maximum Gasteiger partial charge on any atom is 0.224 e. The molecule has 1 unspecified atom stereocenters. The van der Waals surface area contributed by atoms with E-state index < -0.39 is 5.60 Å². The summed E-state index contributed by atoms with van der Waals surface area (Å²) in [7, 11) is 0. The highest BCUT2D eigenvalue weighted by atomic mass is 32.1. The summed E-state index contributed by atoms with van der Waals surface area (Å²) in [6.45, 7) is 0.144. The molecular formula is C24H21NO2S2. The summed E-state index contributed by atoms with van der Waals surface area (Å²) in [5.74, 6) is -0.109. The van der Waals surface area contributed by atoms with E-state index in [0.29, 0.717) is 0 Å². The normalized spacial score (nSPS) is 13.0. The minimum Gasteiger partial charge on any atom is -0.378 e. The van der Waals surface area contributed by atoms with Crippen LogP contribution in [0, 0.1) is 0 Å². The standard InChI is InChI=1S/C24H21NO2S2/c26-23(15-18-8-10-20(11-9-18)19-5-2-1-3-6-19)25-17-24(27,21-12-14-28-16-21)22-7-4-13-29-22/h1-14,16,27H,15,17H2,(H,25,26). The van der Waals surface area contributed by atoms with Gasteiger partial charge in [-0.15, -0.1) is 11.3 Å². The minimum absolute atomic E-state index is 0.109. The molecule has 1 atom stereocenters. The second-order valence-corrected chi connectivity index (χ2v) is 8.59. The maximum atomic E-state index is 12.5. The fourth-order valence-electron chi connectivity index (χ4n) is 3.27. The molecule has 0 aliphatic heterocycles. The van der Waals surface area contributed by atoms with Crippen molar-refractivity contribution in [3.05, 3.63) is 105 Å². The molecule has 29 heavy (non-hydrogen) atoms. The summed E-state index contributed by atoms with van der Waals surface area (Å²) < 4.78 is 0. The van der Waals surface area contributed by atoms with Crippen LogP contribution in [0.1, 0.15) is 16.0 Å². The zero-order valence-electron chi connectivity index (χ0n) is 15.7. The highest BCUT2D eigenvalue weighted by Gasteiger charge is 2.33. The lowest BCUT2D eigenvalue weighted by atomic mass is 9.94. The number of carbonyl (C=O) groups excluding carboxylic acids is 1. The van der Waals surface area contributed by atoms with E-state index in [-0.39, 0.29) is 18.9 Å². The summed E-state index contributed by atoms with van der Waals surface area (Å²) >= 11 is 3.02. The number of aliphatic hydroxyl groups is 1. The minimum atomic E-state index is -1.21. The lowest BCUT2D eigenvalue weighted by molar-refractivity contribution is -0.121. The van der Waals surface area contributed by atoms with Gasteiger partial charge in [-0.2, -0.15) is 11.3 Å². The van der Waals surface area contributed by atoms with Gasteiger partial charge in [0.05, 0.1) is 13.0 Å². The number of nitrogens with one attached hydrogen (secondary N) is 1. The first-order valence-electron chi connectivity index (χ1n) is 9.35. The molecule has 2 heterocycles. The van der Waals surface area contributed by atoms with Crippen molar-refractivity contribution in [1.82, 2.24) is 5.32 Å². The topological polar surface area (TPSA) is 49.3 Å². The van der Waals surface area contributed by atoms with Gasteiger partial charge in [-0.05, 0) is 45.0 Å². The molecule has 4 aromatic rings. The molecule has 0 bridgehead atoms. The molecule has 4 rings (SSSR count). The molecule has 2 aromatic heterocycles. The van der Waals surface area contributed by atoms with Crippen molar-refractivity contribution in [3.63, 3.8) is 0 Å². The lowest BCUT2D eigenvalue weighted by Crippen LogP contribution is -2.41. The van der Waals surface area contributed by atoms with Gasteiger partial charge in [0.25, 0.3) is 0 Å². The molecule has 0 saturated heterocycles. The second kappa shape index (κ2) is 8.74. The summed E-state index contributed by atoms with van der Waals surface area (Å²) in [6.07, 6.45) is 0.277. The summed E-state index contributed by atoms with van der Waals surface area (Å²) in [5, 5.41) is 20.0. The molecule has 0 saturated carbocycles. The van der Waals surface area contributed by atoms with Crippen LogP contribution < -0.4 is 5.32 Å². The van der Waals surface area contributed by atoms with Crippen molar-refractivity contribution in [2.24, 2.45) is 0 Å². The van der Waals surface area contributed by atoms with E-state index in [1.54, 1.807) is 0 Å². The average Bonchev–Trinajstić information content (AvgIpc) is 3.48. The molecule has 0 radical (unpaired) electrons. The van der Waals surface area contributed by atoms with Crippen LogP contribution in [0.5, 0.6) is 0 Å². The van der Waals surface area contributed by atoms with Crippen LogP contribution in [0.25, 0.3) is 11.1 Å². The molecule has 0 fully saturated rings. The molecule has 146 valence electrons. The molecule has 2 aromatic carbocycles. The first kappa shape index (κ1) is 19.6. The number of hydrogen-bond donors (Lipinski definition) is 2. The Bertz CT molecular complexity index is 1010. The van der Waals surface area contributed by atoms with Crippen molar-refractivity contribution in [2.75, 3.05) is 6.54 Å². The van der Waals surface area contributed by atoms with Gasteiger partial charge in [0.2, 0.25) is 5.91 Å². The van der Waals surface area contributed by atoms with Gasteiger partial charge in [0.15, 0.2) is 0 Å². The Labute approximate surface area is 178 Å². The van der Waals surface area contributed by atoms with Crippen LogP contribution in [-0.2, 0) is 16.8 Å². The number of hydrogen-bond acceptors (Lipinski definition) is 4. The van der Waals surface area contributed by atoms with Crippen molar-refractivity contribution in [2.45, 2.75) is 12.0 Å². The number of amides is 1. The van der Waals surface area contributed by atoms with E-state index in [0.717, 1.165) is 27.1 Å². The van der Waals surface area contributed by atoms with Gasteiger partial charge in [-0.3, -0.25) is 4.79 Å². The van der Waals surface area contributed by atoms with Crippen LogP contribution in [0.2, 0.25) is 0 Å². The van der Waals surface area contributed by atoms with Gasteiger partial charge < -0.3 is 10.4 Å². The third-order valence-corrected chi connectivity index (χ3v) is 6.60. The SMILES string of the molecule is O=C(Cc1ccc(-c2ccccc2)cc1)NCC(O)(c1ccsc1)c1cccs1. The Morgan fingerprint density at radius 2 is 1.66 bits per heavy atom. The van der Waals surface area contributed by atoms with E-state index >= 15 is 0 Å². The Hall–Kier alpha value is -2.73. The molecular weight excluding hydrogens is 398 g/mol. The highest BCUT2D eigenvalue weighted by molar-refractivity contribution is 7.10. The van der Waals surface area contributed by atoms with Crippen LogP contribution >= 0.6 is 22.7 Å². The molecule has 0 aliphatic rings. The van der Waals surface area contributed by atoms with Gasteiger partial charge in [0, 0.05) is 10.4 Å². The van der Waals surface area contributed by atoms with Crippen LogP contribution in [0.3, 0.4) is 0 Å². The predicted molar refractivity (Wildman–Crippen MR) is 120 cm³/mol. The summed E-state index contributed by atoms with van der Waals surface area (Å²) in [4.78, 5) is 13.4. The molecule has 1 amide bonds. The lowest BCUT2D eigenvalue weighted by Gasteiger charge is -2.27. The van der Waals surface area contributed by atoms with Gasteiger partial charge in [-0.1, -0.05) is 60.7 Å². The third kappa shape index (κ3) is 4.48. The monoisotopic (exact) mass is 419 g/mol. The third-order valence-electron chi connectivity index (χ3n) is 4.89. The Kier molecular flexibility index (Phi) is 5.90. The molecule has 2 N–H and O–H groups in total. The van der Waals surface area contributed by atoms with Crippen LogP contribution in [0.4, 0.5) is 0 Å². The fraction of sp³-hybridized carbons (Fsp3) is 0.125. The summed E-state index contributed by atoms with van der Waals surface area (Å²) in [5.41, 5.74) is 2.82. The van der Waals surface area contributed by atoms with Gasteiger partial charge >= 0.3 is 0 Å². The Balaban J connectivity index is 1.42. The van der Waals surface area contributed by atoms with E-state index in [9.17, 15) is 9.90 Å². The second-order valence-electron chi connectivity index (χ2n) is 6.87. The van der Waals surface area contributed by atoms with Gasteiger partial charge in [-0.25, -0.2) is 0 Å². The Morgan fingerprint density at radius 1 is 0.897 bits per heavy atom. The molecule has 3 nitrogen and oxygen atoms in total. The van der Waals surface area contributed by atoms with Gasteiger partial charge in [0.1, 0.15) is 5.60 Å². The predicted octanol–water partition coefficient (Wildman–Crippen LogP) is 5.07. The quantitative estimate of drug-likeness (QED) is 0.439. The zero-order chi connectivity index (χ0) is 20.1. The van der Waals surface area contributed by atoms with Crippen LogP contribution in [0.15, 0.2) is 88.9 Å². The van der Waals surface area contributed by atoms with Crippen molar-refractivity contribution in [1.29, 1.82) is 0 Å². The van der Waals surface area contributed by atoms with Crippen LogP contribution in [-0.4, -0.2) is 17.6 Å². The fourth-order valence-corrected chi connectivity index (χ4v) is 4.83. The molecule has 0 aliphatic carbocycles. The van der Waals surface area contributed by atoms with E-state index in [2.05, 4.69) is 17.4 Å². The number of carbonyl (C=O) groups is 1. The summed E-state index contributed by atoms with van der Waals surface area (Å²) in [6, 6.07) is 23.9. The zero-order valence-corrected chi connectivity index (χ0v) is 17.4. The molecule has 5 heteroatoms. The van der Waals surface area contributed by atoms with E-state index in [4.69, 9.17) is 0 Å². The maximum absolute atomic E-state index is 12.5. The largest absolute Gasteiger partial charge is 0.378 e. The number of rotatable bonds is 7. The number of thiophene rings is 2. The highest BCUT2D eigenvalue weighted by Crippen LogP contribution is 2.33. The first-order valence-corrected chi connectivity index (χ1v) is 11.2. The van der Waals surface area contributed by atoms with E-state index in [1.807, 2.05) is 76.8 Å². The number of benzene rings is 2. The molecule has 0 spiro atoms. The van der Waals surface area contributed by atoms with Crippen molar-refractivity contribution >= 4 is 28.6 Å².